The second kappa shape index (κ2) is 8.42. The van der Waals surface area contributed by atoms with Gasteiger partial charge in [0.05, 0.1) is 12.1 Å². The third-order valence-electron chi connectivity index (χ3n) is 3.60. The van der Waals surface area contributed by atoms with Gasteiger partial charge in [-0.3, -0.25) is 4.79 Å². The maximum Gasteiger partial charge on any atom is 0.416 e. The van der Waals surface area contributed by atoms with Crippen LogP contribution in [0.25, 0.3) is 0 Å². The normalized spacial score (nSPS) is 11.4. The minimum atomic E-state index is -4.37. The molecule has 2 aromatic carbocycles. The van der Waals surface area contributed by atoms with E-state index in [1.165, 1.54) is 36.4 Å². The van der Waals surface area contributed by atoms with Crippen LogP contribution in [0.5, 0.6) is 0 Å². The molecular formula is C18H13F4N3O2S. The van der Waals surface area contributed by atoms with E-state index in [1.807, 2.05) is 0 Å². The summed E-state index contributed by atoms with van der Waals surface area (Å²) in [7, 11) is 0. The number of rotatable bonds is 6. The summed E-state index contributed by atoms with van der Waals surface area (Å²) in [5, 5.41) is 10.4. The zero-order chi connectivity index (χ0) is 20.1. The van der Waals surface area contributed by atoms with Gasteiger partial charge >= 0.3 is 6.18 Å². The molecule has 3 aromatic rings. The van der Waals surface area contributed by atoms with Crippen LogP contribution in [0.4, 0.5) is 17.6 Å². The molecule has 0 aliphatic heterocycles. The Balaban J connectivity index is 1.50. The molecule has 5 nitrogen and oxygen atoms in total. The van der Waals surface area contributed by atoms with E-state index in [4.69, 9.17) is 4.42 Å². The van der Waals surface area contributed by atoms with Gasteiger partial charge in [0.25, 0.3) is 11.1 Å². The Morgan fingerprint density at radius 2 is 1.71 bits per heavy atom. The molecule has 10 heteroatoms. The van der Waals surface area contributed by atoms with Crippen LogP contribution in [0.2, 0.25) is 0 Å². The van der Waals surface area contributed by atoms with Crippen LogP contribution < -0.4 is 5.32 Å². The molecule has 0 aliphatic carbocycles. The van der Waals surface area contributed by atoms with Gasteiger partial charge in [0.15, 0.2) is 0 Å². The highest BCUT2D eigenvalue weighted by Crippen LogP contribution is 2.30. The van der Waals surface area contributed by atoms with Crippen molar-refractivity contribution in [2.24, 2.45) is 0 Å². The third-order valence-corrected chi connectivity index (χ3v) is 4.49. The van der Waals surface area contributed by atoms with Crippen molar-refractivity contribution in [1.82, 2.24) is 15.5 Å². The van der Waals surface area contributed by atoms with E-state index in [0.717, 1.165) is 23.9 Å². The van der Waals surface area contributed by atoms with Crippen molar-refractivity contribution in [1.29, 1.82) is 0 Å². The molecule has 0 saturated heterocycles. The summed E-state index contributed by atoms with van der Waals surface area (Å²) in [6, 6.07) is 9.86. The lowest BCUT2D eigenvalue weighted by molar-refractivity contribution is -0.137. The molecule has 1 heterocycles. The van der Waals surface area contributed by atoms with Gasteiger partial charge < -0.3 is 9.73 Å². The van der Waals surface area contributed by atoms with Gasteiger partial charge in [-0.15, -0.1) is 10.2 Å². The number of carbonyl (C=O) groups is 1. The van der Waals surface area contributed by atoms with Crippen LogP contribution in [0.3, 0.4) is 0 Å². The SMILES string of the molecule is O=C(NCc1nnc(SCc2ccc(C(F)(F)F)cc2)o1)c1ccc(F)cc1. The fourth-order valence-corrected chi connectivity index (χ4v) is 2.90. The molecule has 1 amide bonds. The summed E-state index contributed by atoms with van der Waals surface area (Å²) in [6.45, 7) is -0.00987. The Labute approximate surface area is 161 Å². The van der Waals surface area contributed by atoms with Gasteiger partial charge in [0.1, 0.15) is 5.82 Å². The molecule has 0 spiro atoms. The molecule has 0 saturated carbocycles. The van der Waals surface area contributed by atoms with Crippen LogP contribution >= 0.6 is 11.8 Å². The molecule has 0 fully saturated rings. The first-order valence-electron chi connectivity index (χ1n) is 7.96. The molecular weight excluding hydrogens is 398 g/mol. The van der Waals surface area contributed by atoms with Crippen LogP contribution in [0.1, 0.15) is 27.4 Å². The average Bonchev–Trinajstić information content (AvgIpc) is 3.12. The van der Waals surface area contributed by atoms with E-state index in [1.54, 1.807) is 0 Å². The fraction of sp³-hybridized carbons (Fsp3) is 0.167. The van der Waals surface area contributed by atoms with E-state index in [0.29, 0.717) is 11.3 Å². The van der Waals surface area contributed by atoms with Crippen LogP contribution in [-0.4, -0.2) is 16.1 Å². The maximum atomic E-state index is 12.9. The van der Waals surface area contributed by atoms with Crippen molar-refractivity contribution in [3.8, 4) is 0 Å². The number of alkyl halides is 3. The van der Waals surface area contributed by atoms with Gasteiger partial charge in [0, 0.05) is 11.3 Å². The lowest BCUT2D eigenvalue weighted by atomic mass is 10.1. The Bertz CT molecular complexity index is 941. The van der Waals surface area contributed by atoms with E-state index in [9.17, 15) is 22.4 Å². The fourth-order valence-electron chi connectivity index (χ4n) is 2.16. The predicted octanol–water partition coefficient (Wildman–Crippen LogP) is 4.45. The van der Waals surface area contributed by atoms with Crippen molar-refractivity contribution in [2.45, 2.75) is 23.7 Å². The number of benzene rings is 2. The summed E-state index contributed by atoms with van der Waals surface area (Å²) in [5.74, 6) is -0.340. The van der Waals surface area contributed by atoms with E-state index in [2.05, 4.69) is 15.5 Å². The van der Waals surface area contributed by atoms with Gasteiger partial charge in [-0.2, -0.15) is 13.2 Å². The highest BCUT2D eigenvalue weighted by Gasteiger charge is 2.29. The summed E-state index contributed by atoms with van der Waals surface area (Å²) in [6.07, 6.45) is -4.37. The Morgan fingerprint density at radius 1 is 1.04 bits per heavy atom. The molecule has 0 unspecified atom stereocenters. The van der Waals surface area contributed by atoms with Crippen molar-refractivity contribution in [3.63, 3.8) is 0 Å². The van der Waals surface area contributed by atoms with E-state index < -0.39 is 23.5 Å². The molecule has 28 heavy (non-hydrogen) atoms. The first-order chi connectivity index (χ1) is 13.3. The van der Waals surface area contributed by atoms with Crippen molar-refractivity contribution in [3.05, 3.63) is 76.9 Å². The number of carbonyl (C=O) groups excluding carboxylic acids is 1. The minimum Gasteiger partial charge on any atom is -0.414 e. The third kappa shape index (κ3) is 5.32. The highest BCUT2D eigenvalue weighted by atomic mass is 32.2. The number of halogens is 4. The largest absolute Gasteiger partial charge is 0.416 e. The standard InChI is InChI=1S/C18H13F4N3O2S/c19-14-7-3-12(4-8-14)16(26)23-9-15-24-25-17(27-15)28-10-11-1-5-13(6-2-11)18(20,21)22/h1-8H,9-10H2,(H,23,26). The minimum absolute atomic E-state index is 0.00987. The molecule has 146 valence electrons. The summed E-state index contributed by atoms with van der Waals surface area (Å²) in [4.78, 5) is 11.9. The second-order valence-corrected chi connectivity index (χ2v) is 6.56. The zero-order valence-corrected chi connectivity index (χ0v) is 15.0. The second-order valence-electron chi connectivity index (χ2n) is 5.63. The Morgan fingerprint density at radius 3 is 2.36 bits per heavy atom. The van der Waals surface area contributed by atoms with Gasteiger partial charge in [0.2, 0.25) is 5.89 Å². The van der Waals surface area contributed by atoms with Crippen molar-refractivity contribution >= 4 is 17.7 Å². The van der Waals surface area contributed by atoms with E-state index >= 15 is 0 Å². The zero-order valence-electron chi connectivity index (χ0n) is 14.2. The molecule has 0 atom stereocenters. The monoisotopic (exact) mass is 411 g/mol. The maximum absolute atomic E-state index is 12.9. The molecule has 1 aromatic heterocycles. The predicted molar refractivity (Wildman–Crippen MR) is 92.9 cm³/mol. The van der Waals surface area contributed by atoms with E-state index in [-0.39, 0.29) is 23.2 Å². The van der Waals surface area contributed by atoms with Crippen LogP contribution in [0.15, 0.2) is 58.2 Å². The molecule has 3 rings (SSSR count). The first kappa shape index (κ1) is 19.9. The molecule has 1 N–H and O–H groups in total. The molecule has 0 bridgehead atoms. The number of hydrogen-bond donors (Lipinski definition) is 1. The number of thioether (sulfide) groups is 1. The first-order valence-corrected chi connectivity index (χ1v) is 8.95. The summed E-state index contributed by atoms with van der Waals surface area (Å²) < 4.78 is 55.9. The topological polar surface area (TPSA) is 68.0 Å². The Kier molecular flexibility index (Phi) is 5.98. The average molecular weight is 411 g/mol. The lowest BCUT2D eigenvalue weighted by Gasteiger charge is -2.06. The highest BCUT2D eigenvalue weighted by molar-refractivity contribution is 7.98. The quantitative estimate of drug-likeness (QED) is 0.480. The summed E-state index contributed by atoms with van der Waals surface area (Å²) in [5.41, 5.74) is 0.249. The van der Waals surface area contributed by atoms with Crippen molar-refractivity contribution < 1.29 is 26.8 Å². The number of nitrogens with one attached hydrogen (secondary N) is 1. The van der Waals surface area contributed by atoms with Crippen LogP contribution in [0, 0.1) is 5.82 Å². The van der Waals surface area contributed by atoms with Gasteiger partial charge in [-0.05, 0) is 42.0 Å². The smallest absolute Gasteiger partial charge is 0.414 e. The molecule has 0 radical (unpaired) electrons. The molecule has 0 aliphatic rings. The lowest BCUT2D eigenvalue weighted by Crippen LogP contribution is -2.22. The van der Waals surface area contributed by atoms with Crippen LogP contribution in [-0.2, 0) is 18.5 Å². The van der Waals surface area contributed by atoms with Gasteiger partial charge in [-0.1, -0.05) is 23.9 Å². The van der Waals surface area contributed by atoms with Gasteiger partial charge in [-0.25, -0.2) is 4.39 Å². The number of nitrogens with zero attached hydrogens (tertiary/aromatic N) is 2. The number of aromatic nitrogens is 2. The Hall–Kier alpha value is -2.88. The van der Waals surface area contributed by atoms with Crippen molar-refractivity contribution in [2.75, 3.05) is 0 Å². The number of amides is 1. The number of hydrogen-bond acceptors (Lipinski definition) is 5. The summed E-state index contributed by atoms with van der Waals surface area (Å²) >= 11 is 1.16.